The minimum atomic E-state index is -3.45. The first-order valence-corrected chi connectivity index (χ1v) is 11.9. The van der Waals surface area contributed by atoms with Crippen LogP contribution in [0.2, 0.25) is 4.34 Å². The van der Waals surface area contributed by atoms with E-state index in [0.717, 1.165) is 36.1 Å². The summed E-state index contributed by atoms with van der Waals surface area (Å²) in [6.07, 6.45) is 7.08. The first kappa shape index (κ1) is 21.0. The summed E-state index contributed by atoms with van der Waals surface area (Å²) in [7, 11) is -3.45. The maximum Gasteiger partial charge on any atom is 0.244 e. The van der Waals surface area contributed by atoms with Crippen LogP contribution in [0, 0.1) is 0 Å². The average Bonchev–Trinajstić information content (AvgIpc) is 2.93. The lowest BCUT2D eigenvalue weighted by molar-refractivity contribution is -0.116. The molecule has 1 amide bonds. The molecule has 28 heavy (non-hydrogen) atoms. The minimum absolute atomic E-state index is 0.217. The Kier molecular flexibility index (Phi) is 7.29. The molecular weight excluding hydrogens is 416 g/mol. The zero-order valence-corrected chi connectivity index (χ0v) is 17.8. The van der Waals surface area contributed by atoms with Gasteiger partial charge in [-0.2, -0.15) is 4.31 Å². The summed E-state index contributed by atoms with van der Waals surface area (Å²) in [5.74, 6) is -0.217. The Hall–Kier alpha value is -1.67. The van der Waals surface area contributed by atoms with Gasteiger partial charge in [-0.25, -0.2) is 8.42 Å². The molecule has 2 heterocycles. The molecule has 0 spiro atoms. The van der Waals surface area contributed by atoms with E-state index in [0.29, 0.717) is 28.9 Å². The van der Waals surface area contributed by atoms with Crippen molar-refractivity contribution in [3.05, 3.63) is 57.3 Å². The summed E-state index contributed by atoms with van der Waals surface area (Å²) >= 11 is 7.29. The molecule has 1 saturated heterocycles. The molecular formula is C20H23ClN2O3S2. The van der Waals surface area contributed by atoms with Crippen LogP contribution in [0.4, 0.5) is 0 Å². The molecule has 5 nitrogen and oxygen atoms in total. The Morgan fingerprint density at radius 2 is 1.75 bits per heavy atom. The quantitative estimate of drug-likeness (QED) is 0.684. The molecule has 8 heteroatoms. The van der Waals surface area contributed by atoms with Crippen LogP contribution in [0.1, 0.15) is 36.1 Å². The first-order valence-electron chi connectivity index (χ1n) is 9.25. The van der Waals surface area contributed by atoms with E-state index >= 15 is 0 Å². The maximum atomic E-state index is 12.8. The Morgan fingerprint density at radius 3 is 2.36 bits per heavy atom. The molecule has 0 unspecified atom stereocenters. The summed E-state index contributed by atoms with van der Waals surface area (Å²) in [6, 6.07) is 10.3. The predicted octanol–water partition coefficient (Wildman–Crippen LogP) is 4.30. The monoisotopic (exact) mass is 438 g/mol. The number of nitrogens with zero attached hydrogens (tertiary/aromatic N) is 1. The number of carbonyl (C=O) groups excluding carboxylic acids is 1. The molecule has 1 aliphatic rings. The number of thiophene rings is 1. The van der Waals surface area contributed by atoms with Crippen LogP contribution >= 0.6 is 22.9 Å². The van der Waals surface area contributed by atoms with Crippen LogP contribution in [0.25, 0.3) is 6.08 Å². The molecule has 3 rings (SSSR count). The van der Waals surface area contributed by atoms with Gasteiger partial charge >= 0.3 is 0 Å². The predicted molar refractivity (Wildman–Crippen MR) is 114 cm³/mol. The maximum absolute atomic E-state index is 12.8. The summed E-state index contributed by atoms with van der Waals surface area (Å²) < 4.78 is 27.8. The highest BCUT2D eigenvalue weighted by molar-refractivity contribution is 7.89. The number of halogens is 1. The second kappa shape index (κ2) is 9.69. The van der Waals surface area contributed by atoms with Crippen LogP contribution in [0.15, 0.2) is 47.4 Å². The van der Waals surface area contributed by atoms with Crippen molar-refractivity contribution < 1.29 is 13.2 Å². The highest BCUT2D eigenvalue weighted by atomic mass is 35.5. The molecule has 0 bridgehead atoms. The normalized spacial score (nSPS) is 16.2. The lowest BCUT2D eigenvalue weighted by atomic mass is 10.2. The molecule has 0 saturated carbocycles. The van der Waals surface area contributed by atoms with Crippen LogP contribution in [-0.4, -0.2) is 31.7 Å². The molecule has 2 aromatic rings. The van der Waals surface area contributed by atoms with E-state index in [-0.39, 0.29) is 5.91 Å². The lowest BCUT2D eigenvalue weighted by Crippen LogP contribution is -2.31. The van der Waals surface area contributed by atoms with Gasteiger partial charge in [-0.1, -0.05) is 36.6 Å². The third-order valence-corrected chi connectivity index (χ3v) is 7.72. The average molecular weight is 439 g/mol. The van der Waals surface area contributed by atoms with Gasteiger partial charge in [-0.3, -0.25) is 4.79 Å². The van der Waals surface area contributed by atoms with E-state index in [2.05, 4.69) is 5.32 Å². The Balaban J connectivity index is 1.58. The van der Waals surface area contributed by atoms with Gasteiger partial charge in [0.2, 0.25) is 15.9 Å². The number of rotatable bonds is 6. The van der Waals surface area contributed by atoms with E-state index in [1.54, 1.807) is 40.7 Å². The van der Waals surface area contributed by atoms with Crippen molar-refractivity contribution in [2.45, 2.75) is 37.1 Å². The number of carbonyl (C=O) groups is 1. The van der Waals surface area contributed by atoms with Gasteiger partial charge in [0.25, 0.3) is 0 Å². The van der Waals surface area contributed by atoms with E-state index in [4.69, 9.17) is 11.6 Å². The molecule has 1 aromatic heterocycles. The summed E-state index contributed by atoms with van der Waals surface area (Å²) in [6.45, 7) is 1.59. The molecule has 1 fully saturated rings. The lowest BCUT2D eigenvalue weighted by Gasteiger charge is -2.19. The van der Waals surface area contributed by atoms with Gasteiger partial charge in [-0.05, 0) is 48.7 Å². The van der Waals surface area contributed by atoms with E-state index in [9.17, 15) is 13.2 Å². The van der Waals surface area contributed by atoms with Gasteiger partial charge in [0.15, 0.2) is 0 Å². The SMILES string of the molecule is O=C(/C=C/c1ccc(S(=O)(=O)N2CCCCCC2)cc1)NCc1ccc(Cl)s1. The van der Waals surface area contributed by atoms with Gasteiger partial charge < -0.3 is 5.32 Å². The van der Waals surface area contributed by atoms with Crippen molar-refractivity contribution >= 4 is 44.9 Å². The fourth-order valence-electron chi connectivity index (χ4n) is 3.03. The van der Waals surface area contributed by atoms with Crippen LogP contribution in [0.5, 0.6) is 0 Å². The number of amides is 1. The highest BCUT2D eigenvalue weighted by Crippen LogP contribution is 2.22. The van der Waals surface area contributed by atoms with E-state index in [1.807, 2.05) is 6.07 Å². The Morgan fingerprint density at radius 1 is 1.07 bits per heavy atom. The Labute approximate surface area is 175 Å². The number of sulfonamides is 1. The second-order valence-electron chi connectivity index (χ2n) is 6.64. The zero-order chi connectivity index (χ0) is 20.0. The van der Waals surface area contributed by atoms with Crippen molar-refractivity contribution in [2.24, 2.45) is 0 Å². The summed E-state index contributed by atoms with van der Waals surface area (Å²) in [5.41, 5.74) is 0.768. The topological polar surface area (TPSA) is 66.5 Å². The third-order valence-electron chi connectivity index (χ3n) is 4.58. The highest BCUT2D eigenvalue weighted by Gasteiger charge is 2.24. The Bertz CT molecular complexity index is 929. The fourth-order valence-corrected chi connectivity index (χ4v) is 5.58. The van der Waals surface area contributed by atoms with Crippen molar-refractivity contribution in [1.29, 1.82) is 0 Å². The molecule has 150 valence electrons. The first-order chi connectivity index (χ1) is 13.4. The molecule has 0 radical (unpaired) electrons. The van der Waals surface area contributed by atoms with Crippen molar-refractivity contribution in [1.82, 2.24) is 9.62 Å². The second-order valence-corrected chi connectivity index (χ2v) is 10.4. The van der Waals surface area contributed by atoms with Gasteiger partial charge in [0.05, 0.1) is 15.8 Å². The minimum Gasteiger partial charge on any atom is -0.348 e. The molecule has 1 aromatic carbocycles. The summed E-state index contributed by atoms with van der Waals surface area (Å²) in [5, 5.41) is 2.79. The number of hydrogen-bond donors (Lipinski definition) is 1. The van der Waals surface area contributed by atoms with Crippen LogP contribution < -0.4 is 5.32 Å². The molecule has 1 N–H and O–H groups in total. The number of nitrogens with one attached hydrogen (secondary N) is 1. The molecule has 0 atom stereocenters. The van der Waals surface area contributed by atoms with Crippen LogP contribution in [0.3, 0.4) is 0 Å². The van der Waals surface area contributed by atoms with Crippen molar-refractivity contribution in [3.63, 3.8) is 0 Å². The number of hydrogen-bond acceptors (Lipinski definition) is 4. The standard InChI is InChI=1S/C20H23ClN2O3S2/c21-19-11-8-17(27-19)15-22-20(24)12-7-16-5-9-18(10-6-16)28(25,26)23-13-3-1-2-4-14-23/h5-12H,1-4,13-15H2,(H,22,24)/b12-7+. The fraction of sp³-hybridized carbons (Fsp3) is 0.350. The largest absolute Gasteiger partial charge is 0.348 e. The molecule has 1 aliphatic heterocycles. The smallest absolute Gasteiger partial charge is 0.244 e. The van der Waals surface area contributed by atoms with Crippen molar-refractivity contribution in [3.8, 4) is 0 Å². The van der Waals surface area contributed by atoms with Crippen molar-refractivity contribution in [2.75, 3.05) is 13.1 Å². The third kappa shape index (κ3) is 5.67. The van der Waals surface area contributed by atoms with Gasteiger partial charge in [0, 0.05) is 24.0 Å². The van der Waals surface area contributed by atoms with Gasteiger partial charge in [0.1, 0.15) is 0 Å². The van der Waals surface area contributed by atoms with E-state index < -0.39 is 10.0 Å². The summed E-state index contributed by atoms with van der Waals surface area (Å²) in [4.78, 5) is 13.2. The number of benzene rings is 1. The van der Waals surface area contributed by atoms with Gasteiger partial charge in [-0.15, -0.1) is 11.3 Å². The zero-order valence-electron chi connectivity index (χ0n) is 15.4. The van der Waals surface area contributed by atoms with E-state index in [1.165, 1.54) is 17.4 Å². The van der Waals surface area contributed by atoms with Crippen LogP contribution in [-0.2, 0) is 21.4 Å². The molecule has 0 aliphatic carbocycles.